The number of hydrogen-bond donors (Lipinski definition) is 2. The third kappa shape index (κ3) is 4.10. The van der Waals surface area contributed by atoms with Gasteiger partial charge in [0.2, 0.25) is 0 Å². The number of aromatic hydroxyl groups is 2. The Labute approximate surface area is 154 Å². The minimum atomic E-state index is -0.467. The topological polar surface area (TPSA) is 76.0 Å². The third-order valence-electron chi connectivity index (χ3n) is 4.09. The molecular formula is C21H26O5. The Morgan fingerprint density at radius 2 is 1.69 bits per heavy atom. The van der Waals surface area contributed by atoms with Crippen molar-refractivity contribution in [1.29, 1.82) is 0 Å². The van der Waals surface area contributed by atoms with Gasteiger partial charge in [-0.25, -0.2) is 4.79 Å². The smallest absolute Gasteiger partial charge is 0.338 e. The van der Waals surface area contributed by atoms with Crippen LogP contribution in [0.3, 0.4) is 0 Å². The van der Waals surface area contributed by atoms with Gasteiger partial charge in [0.05, 0.1) is 19.3 Å². The van der Waals surface area contributed by atoms with Crippen LogP contribution in [0.2, 0.25) is 0 Å². The molecule has 0 radical (unpaired) electrons. The van der Waals surface area contributed by atoms with Gasteiger partial charge in [-0.15, -0.1) is 0 Å². The maximum Gasteiger partial charge on any atom is 0.338 e. The Kier molecular flexibility index (Phi) is 5.80. The number of benzene rings is 2. The predicted octanol–water partition coefficient (Wildman–Crippen LogP) is 4.64. The van der Waals surface area contributed by atoms with E-state index >= 15 is 0 Å². The summed E-state index contributed by atoms with van der Waals surface area (Å²) in [5.74, 6) is 0.0949. The average molecular weight is 358 g/mol. The number of methoxy groups -OCH3 is 1. The summed E-state index contributed by atoms with van der Waals surface area (Å²) in [7, 11) is 1.56. The first-order valence-corrected chi connectivity index (χ1v) is 8.61. The van der Waals surface area contributed by atoms with Crippen molar-refractivity contribution in [2.45, 2.75) is 39.5 Å². The van der Waals surface area contributed by atoms with Crippen LogP contribution in [0.5, 0.6) is 17.2 Å². The molecule has 0 fully saturated rings. The molecule has 0 aromatic heterocycles. The van der Waals surface area contributed by atoms with Crippen molar-refractivity contribution >= 4 is 5.97 Å². The van der Waals surface area contributed by atoms with Crippen molar-refractivity contribution in [3.8, 4) is 28.4 Å². The van der Waals surface area contributed by atoms with Crippen LogP contribution in [0.15, 0.2) is 30.3 Å². The molecule has 0 aliphatic rings. The highest BCUT2D eigenvalue weighted by Gasteiger charge is 2.23. The first-order valence-electron chi connectivity index (χ1n) is 8.61. The van der Waals surface area contributed by atoms with E-state index < -0.39 is 5.97 Å². The molecule has 0 heterocycles. The first kappa shape index (κ1) is 19.6. The molecule has 2 aromatic carbocycles. The summed E-state index contributed by atoms with van der Waals surface area (Å²) in [6.45, 7) is 8.30. The molecule has 0 atom stereocenters. The van der Waals surface area contributed by atoms with Crippen LogP contribution in [-0.2, 0) is 10.2 Å². The van der Waals surface area contributed by atoms with E-state index in [9.17, 15) is 15.0 Å². The van der Waals surface area contributed by atoms with E-state index in [4.69, 9.17) is 9.47 Å². The summed E-state index contributed by atoms with van der Waals surface area (Å²) in [6.07, 6.45) is 0.725. The number of carbonyl (C=O) groups is 1. The van der Waals surface area contributed by atoms with E-state index in [0.29, 0.717) is 29.0 Å². The molecule has 0 aliphatic heterocycles. The third-order valence-corrected chi connectivity index (χ3v) is 4.09. The monoisotopic (exact) mass is 358 g/mol. The highest BCUT2D eigenvalue weighted by molar-refractivity contribution is 5.92. The van der Waals surface area contributed by atoms with Gasteiger partial charge in [0.15, 0.2) is 0 Å². The van der Waals surface area contributed by atoms with Gasteiger partial charge in [-0.1, -0.05) is 27.7 Å². The van der Waals surface area contributed by atoms with Crippen molar-refractivity contribution in [2.75, 3.05) is 13.7 Å². The van der Waals surface area contributed by atoms with Crippen molar-refractivity contribution in [1.82, 2.24) is 0 Å². The van der Waals surface area contributed by atoms with Crippen LogP contribution in [0.4, 0.5) is 0 Å². The molecule has 5 nitrogen and oxygen atoms in total. The van der Waals surface area contributed by atoms with Crippen molar-refractivity contribution in [3.05, 3.63) is 41.5 Å². The number of ether oxygens (including phenoxy) is 2. The zero-order valence-electron chi connectivity index (χ0n) is 15.9. The summed E-state index contributed by atoms with van der Waals surface area (Å²) in [4.78, 5) is 12.1. The van der Waals surface area contributed by atoms with Gasteiger partial charge in [-0.05, 0) is 42.2 Å². The normalized spacial score (nSPS) is 11.3. The summed E-state index contributed by atoms with van der Waals surface area (Å²) < 4.78 is 10.6. The molecule has 0 saturated carbocycles. The van der Waals surface area contributed by atoms with Crippen molar-refractivity contribution in [3.63, 3.8) is 0 Å². The molecule has 0 saturated heterocycles. The van der Waals surface area contributed by atoms with E-state index in [1.54, 1.807) is 19.2 Å². The predicted molar refractivity (Wildman–Crippen MR) is 101 cm³/mol. The molecule has 0 unspecified atom stereocenters. The average Bonchev–Trinajstić information content (AvgIpc) is 2.59. The molecule has 26 heavy (non-hydrogen) atoms. The first-order chi connectivity index (χ1) is 12.2. The molecular weight excluding hydrogens is 332 g/mol. The molecule has 0 amide bonds. The highest BCUT2D eigenvalue weighted by Crippen LogP contribution is 2.43. The van der Waals surface area contributed by atoms with Crippen LogP contribution in [0, 0.1) is 0 Å². The maximum atomic E-state index is 12.1. The zero-order chi connectivity index (χ0) is 19.5. The summed E-state index contributed by atoms with van der Waals surface area (Å²) >= 11 is 0. The maximum absolute atomic E-state index is 12.1. The standard InChI is InChI=1S/C21H26O5/c1-6-9-26-20(24)13-7-8-17(22)14(10-13)15-11-19(25-5)16(12-18(15)23)21(2,3)4/h7-8,10-12,22-23H,6,9H2,1-5H3. The fourth-order valence-corrected chi connectivity index (χ4v) is 2.70. The fraction of sp³-hybridized carbons (Fsp3) is 0.381. The van der Waals surface area contributed by atoms with E-state index in [1.807, 2.05) is 27.7 Å². The number of hydrogen-bond acceptors (Lipinski definition) is 5. The second kappa shape index (κ2) is 7.68. The number of rotatable bonds is 5. The Morgan fingerprint density at radius 3 is 2.27 bits per heavy atom. The summed E-state index contributed by atoms with van der Waals surface area (Å²) in [6, 6.07) is 7.73. The highest BCUT2D eigenvalue weighted by atomic mass is 16.5. The number of carbonyl (C=O) groups excluding carboxylic acids is 1. The quantitative estimate of drug-likeness (QED) is 0.762. The number of phenolic OH excluding ortho intramolecular Hbond substituents is 2. The Hall–Kier alpha value is -2.69. The Morgan fingerprint density at radius 1 is 1.04 bits per heavy atom. The number of phenols is 2. The van der Waals surface area contributed by atoms with Crippen LogP contribution in [0.1, 0.15) is 50.0 Å². The lowest BCUT2D eigenvalue weighted by molar-refractivity contribution is 0.0505. The fourth-order valence-electron chi connectivity index (χ4n) is 2.70. The van der Waals surface area contributed by atoms with Crippen LogP contribution >= 0.6 is 0 Å². The largest absolute Gasteiger partial charge is 0.507 e. The zero-order valence-corrected chi connectivity index (χ0v) is 15.9. The molecule has 140 valence electrons. The van der Waals surface area contributed by atoms with Gasteiger partial charge in [-0.3, -0.25) is 0 Å². The van der Waals surface area contributed by atoms with Crippen LogP contribution < -0.4 is 4.74 Å². The van der Waals surface area contributed by atoms with Gasteiger partial charge in [-0.2, -0.15) is 0 Å². The van der Waals surface area contributed by atoms with E-state index in [-0.39, 0.29) is 16.9 Å². The van der Waals surface area contributed by atoms with Gasteiger partial charge in [0, 0.05) is 16.7 Å². The van der Waals surface area contributed by atoms with E-state index in [0.717, 1.165) is 12.0 Å². The molecule has 2 aromatic rings. The SMILES string of the molecule is CCCOC(=O)c1ccc(O)c(-c2cc(OC)c(C(C)(C)C)cc2O)c1. The van der Waals surface area contributed by atoms with Crippen molar-refractivity contribution in [2.24, 2.45) is 0 Å². The Bertz CT molecular complexity index is 803. The van der Waals surface area contributed by atoms with Crippen molar-refractivity contribution < 1.29 is 24.5 Å². The molecule has 5 heteroatoms. The lowest BCUT2D eigenvalue weighted by atomic mass is 9.84. The van der Waals surface area contributed by atoms with Gasteiger partial charge in [0.1, 0.15) is 17.2 Å². The summed E-state index contributed by atoms with van der Waals surface area (Å²) in [5.41, 5.74) is 1.66. The second-order valence-corrected chi connectivity index (χ2v) is 7.19. The van der Waals surface area contributed by atoms with Gasteiger partial charge in [0.25, 0.3) is 0 Å². The lowest BCUT2D eigenvalue weighted by Gasteiger charge is -2.23. The molecule has 0 spiro atoms. The lowest BCUT2D eigenvalue weighted by Crippen LogP contribution is -2.13. The molecule has 0 bridgehead atoms. The van der Waals surface area contributed by atoms with Gasteiger partial charge >= 0.3 is 5.97 Å². The Balaban J connectivity index is 2.56. The van der Waals surface area contributed by atoms with Crippen LogP contribution in [0.25, 0.3) is 11.1 Å². The summed E-state index contributed by atoms with van der Waals surface area (Å²) in [5, 5.41) is 20.8. The second-order valence-electron chi connectivity index (χ2n) is 7.19. The number of esters is 1. The van der Waals surface area contributed by atoms with E-state index in [2.05, 4.69) is 0 Å². The minimum Gasteiger partial charge on any atom is -0.507 e. The molecule has 0 aliphatic carbocycles. The molecule has 2 rings (SSSR count). The minimum absolute atomic E-state index is 0.00472. The molecule has 2 N–H and O–H groups in total. The van der Waals surface area contributed by atoms with Gasteiger partial charge < -0.3 is 19.7 Å². The van der Waals surface area contributed by atoms with Crippen LogP contribution in [-0.4, -0.2) is 29.9 Å². The van der Waals surface area contributed by atoms with E-state index in [1.165, 1.54) is 18.2 Å².